The Kier molecular flexibility index (Phi) is 3.13. The van der Waals surface area contributed by atoms with Crippen LogP contribution in [0.4, 0.5) is 0 Å². The van der Waals surface area contributed by atoms with Crippen LogP contribution in [0.5, 0.6) is 0 Å². The van der Waals surface area contributed by atoms with Crippen molar-refractivity contribution < 1.29 is 4.52 Å². The fourth-order valence-corrected chi connectivity index (χ4v) is 2.95. The van der Waals surface area contributed by atoms with Crippen molar-refractivity contribution in [1.29, 1.82) is 0 Å². The summed E-state index contributed by atoms with van der Waals surface area (Å²) in [6.07, 6.45) is 2.71. The molecule has 2 N–H and O–H groups in total. The first-order valence-corrected chi connectivity index (χ1v) is 6.46. The Balaban J connectivity index is 1.58. The van der Waals surface area contributed by atoms with Crippen LogP contribution < -0.4 is 5.73 Å². The molecule has 94 valence electrons. The molecule has 0 aromatic carbocycles. The van der Waals surface area contributed by atoms with Crippen molar-refractivity contribution in [3.8, 4) is 0 Å². The van der Waals surface area contributed by atoms with Crippen LogP contribution in [0.1, 0.15) is 24.3 Å². The van der Waals surface area contributed by atoms with Crippen LogP contribution in [0.25, 0.3) is 0 Å². The highest BCUT2D eigenvalue weighted by molar-refractivity contribution is 5.05. The predicted molar refractivity (Wildman–Crippen MR) is 64.3 cm³/mol. The third kappa shape index (κ3) is 2.36. The van der Waals surface area contributed by atoms with Crippen molar-refractivity contribution in [2.75, 3.05) is 26.2 Å². The van der Waals surface area contributed by atoms with Crippen LogP contribution in [0.2, 0.25) is 0 Å². The summed E-state index contributed by atoms with van der Waals surface area (Å²) in [4.78, 5) is 5.08. The molecule has 2 saturated heterocycles. The second kappa shape index (κ2) is 4.76. The number of rotatable bonds is 3. The molecule has 5 heteroatoms. The Labute approximate surface area is 102 Å². The molecular formula is C12H20N4O. The van der Waals surface area contributed by atoms with Gasteiger partial charge >= 0.3 is 0 Å². The van der Waals surface area contributed by atoms with E-state index in [9.17, 15) is 0 Å². The van der Waals surface area contributed by atoms with Gasteiger partial charge in [0.1, 0.15) is 0 Å². The highest BCUT2D eigenvalue weighted by Gasteiger charge is 2.30. The standard InChI is InChI=1S/C12H20N4O/c13-7-10-6-12(17-14-10)9-15-4-5-16-3-1-2-11(16)8-15/h6,11H,1-5,7-9,13H2. The molecule has 0 spiro atoms. The molecule has 1 unspecified atom stereocenters. The lowest BCUT2D eigenvalue weighted by Crippen LogP contribution is -2.49. The van der Waals surface area contributed by atoms with Crippen LogP contribution in [-0.2, 0) is 13.1 Å². The lowest BCUT2D eigenvalue weighted by atomic mass is 10.1. The monoisotopic (exact) mass is 236 g/mol. The summed E-state index contributed by atoms with van der Waals surface area (Å²) >= 11 is 0. The molecule has 17 heavy (non-hydrogen) atoms. The highest BCUT2D eigenvalue weighted by atomic mass is 16.5. The van der Waals surface area contributed by atoms with E-state index in [1.54, 1.807) is 0 Å². The molecule has 2 fully saturated rings. The zero-order chi connectivity index (χ0) is 11.7. The van der Waals surface area contributed by atoms with Gasteiger partial charge in [-0.3, -0.25) is 9.80 Å². The summed E-state index contributed by atoms with van der Waals surface area (Å²) in [5.74, 6) is 0.942. The molecule has 0 radical (unpaired) electrons. The van der Waals surface area contributed by atoms with Gasteiger partial charge in [-0.2, -0.15) is 0 Å². The van der Waals surface area contributed by atoms with Crippen molar-refractivity contribution in [2.24, 2.45) is 5.73 Å². The highest BCUT2D eigenvalue weighted by Crippen LogP contribution is 2.22. The van der Waals surface area contributed by atoms with Gasteiger partial charge in [-0.05, 0) is 19.4 Å². The topological polar surface area (TPSA) is 58.5 Å². The van der Waals surface area contributed by atoms with Gasteiger partial charge in [-0.25, -0.2) is 0 Å². The van der Waals surface area contributed by atoms with Crippen LogP contribution >= 0.6 is 0 Å². The number of nitrogens with two attached hydrogens (primary N) is 1. The summed E-state index contributed by atoms with van der Waals surface area (Å²) in [5, 5.41) is 3.93. The van der Waals surface area contributed by atoms with Crippen molar-refractivity contribution >= 4 is 0 Å². The van der Waals surface area contributed by atoms with Gasteiger partial charge < -0.3 is 10.3 Å². The zero-order valence-electron chi connectivity index (χ0n) is 10.1. The van der Waals surface area contributed by atoms with Gasteiger partial charge in [0.05, 0.1) is 12.2 Å². The first kappa shape index (κ1) is 11.2. The SMILES string of the molecule is NCc1cc(CN2CCN3CCCC3C2)on1. The fourth-order valence-electron chi connectivity index (χ4n) is 2.95. The fraction of sp³-hybridized carbons (Fsp3) is 0.750. The molecule has 1 atom stereocenters. The second-order valence-corrected chi connectivity index (χ2v) is 5.06. The normalized spacial score (nSPS) is 26.3. The van der Waals surface area contributed by atoms with Gasteiger partial charge in [0.25, 0.3) is 0 Å². The molecule has 2 aliphatic heterocycles. The number of hydrogen-bond acceptors (Lipinski definition) is 5. The number of hydrogen-bond donors (Lipinski definition) is 1. The Hall–Kier alpha value is -0.910. The van der Waals surface area contributed by atoms with E-state index in [4.69, 9.17) is 10.3 Å². The van der Waals surface area contributed by atoms with Gasteiger partial charge in [0.15, 0.2) is 5.76 Å². The molecule has 0 saturated carbocycles. The summed E-state index contributed by atoms with van der Waals surface area (Å²) in [6.45, 7) is 6.12. The van der Waals surface area contributed by atoms with Crippen molar-refractivity contribution in [3.63, 3.8) is 0 Å². The van der Waals surface area contributed by atoms with Gasteiger partial charge in [-0.1, -0.05) is 5.16 Å². The van der Waals surface area contributed by atoms with Crippen molar-refractivity contribution in [3.05, 3.63) is 17.5 Å². The van der Waals surface area contributed by atoms with E-state index in [1.807, 2.05) is 6.07 Å². The maximum Gasteiger partial charge on any atom is 0.151 e. The molecular weight excluding hydrogens is 216 g/mol. The second-order valence-electron chi connectivity index (χ2n) is 5.06. The molecule has 3 heterocycles. The van der Waals surface area contributed by atoms with Crippen LogP contribution in [0, 0.1) is 0 Å². The summed E-state index contributed by atoms with van der Waals surface area (Å²) in [5.41, 5.74) is 6.37. The smallest absolute Gasteiger partial charge is 0.151 e. The number of piperazine rings is 1. The molecule has 0 aliphatic carbocycles. The lowest BCUT2D eigenvalue weighted by Gasteiger charge is -2.36. The maximum absolute atomic E-state index is 5.52. The summed E-state index contributed by atoms with van der Waals surface area (Å²) in [7, 11) is 0. The third-order valence-electron chi connectivity index (χ3n) is 3.87. The van der Waals surface area contributed by atoms with Gasteiger partial charge in [0, 0.05) is 38.3 Å². The average Bonchev–Trinajstić information content (AvgIpc) is 2.96. The minimum atomic E-state index is 0.458. The van der Waals surface area contributed by atoms with Gasteiger partial charge in [-0.15, -0.1) is 0 Å². The predicted octanol–water partition coefficient (Wildman–Crippen LogP) is 0.413. The minimum Gasteiger partial charge on any atom is -0.360 e. The Morgan fingerprint density at radius 1 is 1.41 bits per heavy atom. The molecule has 3 rings (SSSR count). The van der Waals surface area contributed by atoms with Gasteiger partial charge in [0.2, 0.25) is 0 Å². The van der Waals surface area contributed by atoms with Crippen LogP contribution in [0.15, 0.2) is 10.6 Å². The molecule has 5 nitrogen and oxygen atoms in total. The van der Waals surface area contributed by atoms with E-state index in [0.29, 0.717) is 6.54 Å². The van der Waals surface area contributed by atoms with E-state index in [-0.39, 0.29) is 0 Å². The molecule has 0 bridgehead atoms. The molecule has 0 amide bonds. The first-order chi connectivity index (χ1) is 8.35. The molecule has 1 aromatic rings. The van der Waals surface area contributed by atoms with Crippen molar-refractivity contribution in [1.82, 2.24) is 15.0 Å². The van der Waals surface area contributed by atoms with E-state index < -0.39 is 0 Å². The van der Waals surface area contributed by atoms with E-state index >= 15 is 0 Å². The Morgan fingerprint density at radius 3 is 3.18 bits per heavy atom. The molecule has 1 aromatic heterocycles. The number of aromatic nitrogens is 1. The average molecular weight is 236 g/mol. The van der Waals surface area contributed by atoms with Crippen molar-refractivity contribution in [2.45, 2.75) is 32.0 Å². The van der Waals surface area contributed by atoms with E-state index in [2.05, 4.69) is 15.0 Å². The van der Waals surface area contributed by atoms with Crippen LogP contribution in [-0.4, -0.2) is 47.2 Å². The first-order valence-electron chi connectivity index (χ1n) is 6.46. The van der Waals surface area contributed by atoms with E-state index in [0.717, 1.165) is 30.6 Å². The lowest BCUT2D eigenvalue weighted by molar-refractivity contribution is 0.0922. The zero-order valence-corrected chi connectivity index (χ0v) is 10.1. The number of fused-ring (bicyclic) bond motifs is 1. The third-order valence-corrected chi connectivity index (χ3v) is 3.87. The summed E-state index contributed by atoms with van der Waals surface area (Å²) in [6, 6.07) is 2.74. The minimum absolute atomic E-state index is 0.458. The number of nitrogens with zero attached hydrogens (tertiary/aromatic N) is 3. The Morgan fingerprint density at radius 2 is 2.35 bits per heavy atom. The van der Waals surface area contributed by atoms with Crippen LogP contribution in [0.3, 0.4) is 0 Å². The Bertz CT molecular complexity index is 378. The molecule has 2 aliphatic rings. The summed E-state index contributed by atoms with van der Waals surface area (Å²) < 4.78 is 5.28. The quantitative estimate of drug-likeness (QED) is 0.824. The maximum atomic E-state index is 5.52. The van der Waals surface area contributed by atoms with E-state index in [1.165, 1.54) is 32.5 Å². The largest absolute Gasteiger partial charge is 0.360 e.